The minimum absolute atomic E-state index is 0.814. The van der Waals surface area contributed by atoms with E-state index >= 15 is 0 Å². The minimum Gasteiger partial charge on any atom is -0.141 e. The van der Waals surface area contributed by atoms with Crippen LogP contribution in [-0.2, 0) is 6.42 Å². The van der Waals surface area contributed by atoms with Crippen molar-refractivity contribution in [3.05, 3.63) is 26.8 Å². The van der Waals surface area contributed by atoms with Gasteiger partial charge in [0.1, 0.15) is 0 Å². The van der Waals surface area contributed by atoms with Gasteiger partial charge in [-0.3, -0.25) is 0 Å². The third-order valence-electron chi connectivity index (χ3n) is 4.62. The summed E-state index contributed by atoms with van der Waals surface area (Å²) in [6.07, 6.45) is 10.9. The van der Waals surface area contributed by atoms with E-state index in [-0.39, 0.29) is 0 Å². The Morgan fingerprint density at radius 3 is 2.43 bits per heavy atom. The largest absolute Gasteiger partial charge is 0.141 e. The second-order valence-electron chi connectivity index (χ2n) is 6.79. The van der Waals surface area contributed by atoms with E-state index in [0.29, 0.717) is 0 Å². The SMILES string of the molecule is CCCCCCCCc1ccc(/C(C)=C(/C)SCC(C)CC)s1. The van der Waals surface area contributed by atoms with Gasteiger partial charge in [-0.1, -0.05) is 59.3 Å². The zero-order valence-electron chi connectivity index (χ0n) is 15.9. The molecule has 0 aliphatic carbocycles. The van der Waals surface area contributed by atoms with Crippen LogP contribution >= 0.6 is 23.1 Å². The zero-order chi connectivity index (χ0) is 17.1. The molecule has 1 heterocycles. The Labute approximate surface area is 153 Å². The normalized spacial score (nSPS) is 14.0. The molecule has 1 aromatic rings. The lowest BCUT2D eigenvalue weighted by Gasteiger charge is -2.10. The van der Waals surface area contributed by atoms with E-state index < -0.39 is 0 Å². The van der Waals surface area contributed by atoms with Gasteiger partial charge in [0.25, 0.3) is 0 Å². The second-order valence-corrected chi connectivity index (χ2v) is 9.19. The predicted octanol–water partition coefficient (Wildman–Crippen LogP) is 8.18. The summed E-state index contributed by atoms with van der Waals surface area (Å²) in [5.74, 6) is 2.06. The summed E-state index contributed by atoms with van der Waals surface area (Å²) < 4.78 is 0. The smallest absolute Gasteiger partial charge is 0.0310 e. The average molecular weight is 353 g/mol. The van der Waals surface area contributed by atoms with E-state index in [1.54, 1.807) is 4.88 Å². The molecule has 1 atom stereocenters. The average Bonchev–Trinajstić information content (AvgIpc) is 3.03. The number of thiophene rings is 1. The predicted molar refractivity (Wildman–Crippen MR) is 112 cm³/mol. The Hall–Kier alpha value is -0.210. The van der Waals surface area contributed by atoms with Crippen molar-refractivity contribution in [1.29, 1.82) is 0 Å². The quantitative estimate of drug-likeness (QED) is 0.342. The van der Waals surface area contributed by atoms with E-state index in [2.05, 4.69) is 46.8 Å². The second kappa shape index (κ2) is 12.2. The van der Waals surface area contributed by atoms with Gasteiger partial charge in [0.05, 0.1) is 0 Å². The molecule has 0 fully saturated rings. The molecule has 0 saturated carbocycles. The summed E-state index contributed by atoms with van der Waals surface area (Å²) in [6, 6.07) is 4.68. The van der Waals surface area contributed by atoms with E-state index in [9.17, 15) is 0 Å². The molecule has 0 saturated heterocycles. The van der Waals surface area contributed by atoms with Crippen LogP contribution in [-0.4, -0.2) is 5.75 Å². The third kappa shape index (κ3) is 8.44. The fourth-order valence-corrected chi connectivity index (χ4v) is 4.73. The molecule has 1 aromatic heterocycles. The summed E-state index contributed by atoms with van der Waals surface area (Å²) in [5, 5.41) is 0. The molecule has 1 rings (SSSR count). The molecule has 0 bridgehead atoms. The first-order valence-electron chi connectivity index (χ1n) is 9.47. The van der Waals surface area contributed by atoms with Gasteiger partial charge >= 0.3 is 0 Å². The van der Waals surface area contributed by atoms with Crippen LogP contribution in [0.2, 0.25) is 0 Å². The van der Waals surface area contributed by atoms with Crippen molar-refractivity contribution in [3.63, 3.8) is 0 Å². The molecule has 0 aliphatic rings. The fourth-order valence-electron chi connectivity index (χ4n) is 2.46. The maximum absolute atomic E-state index is 2.35. The van der Waals surface area contributed by atoms with E-state index in [0.717, 1.165) is 5.92 Å². The number of aryl methyl sites for hydroxylation is 1. The fraction of sp³-hybridized carbons (Fsp3) is 0.714. The molecule has 0 N–H and O–H groups in total. The van der Waals surface area contributed by atoms with Gasteiger partial charge in [-0.15, -0.1) is 23.1 Å². The Kier molecular flexibility index (Phi) is 11.0. The lowest BCUT2D eigenvalue weighted by molar-refractivity contribution is 0.609. The molecule has 0 spiro atoms. The van der Waals surface area contributed by atoms with Crippen LogP contribution < -0.4 is 0 Å². The molecule has 0 radical (unpaired) electrons. The standard InChI is InChI=1S/C21H36S2/c1-6-8-9-10-11-12-13-20-14-15-21(23-20)18(4)19(5)22-16-17(3)7-2/h14-15,17H,6-13,16H2,1-5H3/b19-18-. The van der Waals surface area contributed by atoms with Gasteiger partial charge in [0, 0.05) is 15.5 Å². The topological polar surface area (TPSA) is 0 Å². The number of allylic oxidation sites excluding steroid dienone is 2. The van der Waals surface area contributed by atoms with Gasteiger partial charge < -0.3 is 0 Å². The van der Waals surface area contributed by atoms with Crippen molar-refractivity contribution in [2.45, 2.75) is 86.0 Å². The van der Waals surface area contributed by atoms with Crippen LogP contribution in [0.5, 0.6) is 0 Å². The summed E-state index contributed by atoms with van der Waals surface area (Å²) in [5.41, 5.74) is 1.48. The highest BCUT2D eigenvalue weighted by Gasteiger charge is 2.07. The number of unbranched alkanes of at least 4 members (excludes halogenated alkanes) is 5. The number of rotatable bonds is 12. The molecule has 0 aliphatic heterocycles. The number of hydrogen-bond acceptors (Lipinski definition) is 2. The molecule has 0 amide bonds. The highest BCUT2D eigenvalue weighted by Crippen LogP contribution is 2.32. The summed E-state index contributed by atoms with van der Waals surface area (Å²) in [6.45, 7) is 11.5. The zero-order valence-corrected chi connectivity index (χ0v) is 17.5. The Balaban J connectivity index is 2.41. The minimum atomic E-state index is 0.814. The molecule has 132 valence electrons. The molecule has 0 nitrogen and oxygen atoms in total. The van der Waals surface area contributed by atoms with Crippen LogP contribution in [0.25, 0.3) is 5.57 Å². The van der Waals surface area contributed by atoms with E-state index in [1.165, 1.54) is 72.5 Å². The van der Waals surface area contributed by atoms with Gasteiger partial charge in [0.2, 0.25) is 0 Å². The monoisotopic (exact) mass is 352 g/mol. The molecular formula is C21H36S2. The first-order valence-corrected chi connectivity index (χ1v) is 11.3. The first kappa shape index (κ1) is 20.8. The van der Waals surface area contributed by atoms with E-state index in [1.807, 2.05) is 23.1 Å². The highest BCUT2D eigenvalue weighted by atomic mass is 32.2. The highest BCUT2D eigenvalue weighted by molar-refractivity contribution is 8.03. The van der Waals surface area contributed by atoms with E-state index in [4.69, 9.17) is 0 Å². The van der Waals surface area contributed by atoms with Crippen molar-refractivity contribution in [3.8, 4) is 0 Å². The Morgan fingerprint density at radius 1 is 1.04 bits per heavy atom. The third-order valence-corrected chi connectivity index (χ3v) is 7.36. The van der Waals surface area contributed by atoms with Crippen LogP contribution in [0.1, 0.15) is 89.3 Å². The van der Waals surface area contributed by atoms with Crippen molar-refractivity contribution < 1.29 is 0 Å². The van der Waals surface area contributed by atoms with Gasteiger partial charge in [0.15, 0.2) is 0 Å². The van der Waals surface area contributed by atoms with Gasteiger partial charge in [-0.25, -0.2) is 0 Å². The Morgan fingerprint density at radius 2 is 1.74 bits per heavy atom. The van der Waals surface area contributed by atoms with Crippen molar-refractivity contribution in [1.82, 2.24) is 0 Å². The van der Waals surface area contributed by atoms with Crippen molar-refractivity contribution >= 4 is 28.7 Å². The van der Waals surface area contributed by atoms with Gasteiger partial charge in [-0.05, 0) is 55.2 Å². The molecule has 23 heavy (non-hydrogen) atoms. The maximum Gasteiger partial charge on any atom is 0.0310 e. The van der Waals surface area contributed by atoms with Crippen LogP contribution in [0, 0.1) is 5.92 Å². The first-order chi connectivity index (χ1) is 11.1. The lowest BCUT2D eigenvalue weighted by Crippen LogP contribution is -1.95. The van der Waals surface area contributed by atoms with Crippen molar-refractivity contribution in [2.24, 2.45) is 5.92 Å². The van der Waals surface area contributed by atoms with Crippen LogP contribution in [0.4, 0.5) is 0 Å². The molecular weight excluding hydrogens is 316 g/mol. The maximum atomic E-state index is 2.35. The summed E-state index contributed by atoms with van der Waals surface area (Å²) >= 11 is 4.04. The van der Waals surface area contributed by atoms with Crippen molar-refractivity contribution in [2.75, 3.05) is 5.75 Å². The summed E-state index contributed by atoms with van der Waals surface area (Å²) in [4.78, 5) is 4.54. The van der Waals surface area contributed by atoms with Crippen LogP contribution in [0.3, 0.4) is 0 Å². The molecule has 2 heteroatoms. The lowest BCUT2D eigenvalue weighted by atomic mass is 10.1. The van der Waals surface area contributed by atoms with Gasteiger partial charge in [-0.2, -0.15) is 0 Å². The number of hydrogen-bond donors (Lipinski definition) is 0. The molecule has 1 unspecified atom stereocenters. The molecule has 0 aromatic carbocycles. The Bertz CT molecular complexity index is 456. The summed E-state index contributed by atoms with van der Waals surface area (Å²) in [7, 11) is 0. The number of thioether (sulfide) groups is 1. The van der Waals surface area contributed by atoms with Crippen LogP contribution in [0.15, 0.2) is 17.0 Å².